The first-order valence-corrected chi connectivity index (χ1v) is 10.3. The van der Waals surface area contributed by atoms with Gasteiger partial charge in [0.15, 0.2) is 0 Å². The van der Waals surface area contributed by atoms with E-state index in [1.54, 1.807) is 12.1 Å². The van der Waals surface area contributed by atoms with Gasteiger partial charge in [-0.2, -0.15) is 0 Å². The quantitative estimate of drug-likeness (QED) is 0.367. The second-order valence-corrected chi connectivity index (χ2v) is 7.77. The Hall–Kier alpha value is -2.24. The average molecular weight is 437 g/mol. The molecule has 1 aromatic heterocycles. The Morgan fingerprint density at radius 2 is 2.03 bits per heavy atom. The third-order valence-electron chi connectivity index (χ3n) is 4.54. The third-order valence-corrected chi connectivity index (χ3v) is 5.10. The number of nitrogens with zero attached hydrogens (tertiary/aromatic N) is 1. The van der Waals surface area contributed by atoms with Crippen LogP contribution >= 0.6 is 23.2 Å². The summed E-state index contributed by atoms with van der Waals surface area (Å²) in [7, 11) is 0. The van der Waals surface area contributed by atoms with Gasteiger partial charge in [0, 0.05) is 42.0 Å². The number of rotatable bonds is 8. The number of ether oxygens (including phenoxy) is 1. The molecule has 2 aromatic carbocycles. The fraction of sp³-hybridized carbons (Fsp3) is 0.318. The fourth-order valence-electron chi connectivity index (χ4n) is 3.34. The second-order valence-electron chi connectivity index (χ2n) is 6.98. The van der Waals surface area contributed by atoms with Crippen molar-refractivity contribution in [1.29, 1.82) is 0 Å². The molecule has 1 unspecified atom stereocenters. The Bertz CT molecular complexity index is 1020. The van der Waals surface area contributed by atoms with Crippen LogP contribution in [0.15, 0.2) is 42.5 Å². The van der Waals surface area contributed by atoms with E-state index in [0.717, 1.165) is 34.3 Å². The van der Waals surface area contributed by atoms with Crippen LogP contribution in [-0.2, 0) is 11.3 Å². The zero-order chi connectivity index (χ0) is 21.0. The number of alkyl halides is 1. The summed E-state index contributed by atoms with van der Waals surface area (Å²) >= 11 is 11.7. The minimum absolute atomic E-state index is 0.0688. The molecule has 7 heteroatoms. The van der Waals surface area contributed by atoms with Crippen LogP contribution in [0.5, 0.6) is 5.75 Å². The molecule has 0 bridgehead atoms. The van der Waals surface area contributed by atoms with Gasteiger partial charge in [0.05, 0.1) is 11.6 Å². The van der Waals surface area contributed by atoms with Crippen LogP contribution in [0.1, 0.15) is 20.3 Å². The van der Waals surface area contributed by atoms with Crippen molar-refractivity contribution in [2.45, 2.75) is 32.9 Å². The smallest absolute Gasteiger partial charge is 0.217 e. The molecule has 0 saturated carbocycles. The number of hydrogen-bond donors (Lipinski definition) is 1. The van der Waals surface area contributed by atoms with Crippen molar-refractivity contribution in [2.75, 3.05) is 12.5 Å². The lowest BCUT2D eigenvalue weighted by Crippen LogP contribution is -2.34. The summed E-state index contributed by atoms with van der Waals surface area (Å²) in [6.45, 7) is 4.54. The zero-order valence-corrected chi connectivity index (χ0v) is 17.9. The molecule has 0 fully saturated rings. The largest absolute Gasteiger partial charge is 0.494 e. The normalized spacial score (nSPS) is 12.2. The Morgan fingerprint density at radius 3 is 2.72 bits per heavy atom. The van der Waals surface area contributed by atoms with E-state index >= 15 is 0 Å². The summed E-state index contributed by atoms with van der Waals surface area (Å²) in [6.07, 6.45) is 0.772. The Kier molecular flexibility index (Phi) is 7.04. The first-order valence-electron chi connectivity index (χ1n) is 9.43. The number of hydrogen-bond acceptors (Lipinski definition) is 2. The molecule has 1 atom stereocenters. The summed E-state index contributed by atoms with van der Waals surface area (Å²) < 4.78 is 21.5. The number of nitrogens with one attached hydrogen (secondary N) is 1. The van der Waals surface area contributed by atoms with Crippen LogP contribution in [-0.4, -0.2) is 29.0 Å². The number of amides is 1. The van der Waals surface area contributed by atoms with Crippen LogP contribution in [0.3, 0.4) is 0 Å². The highest BCUT2D eigenvalue weighted by atomic mass is 35.5. The van der Waals surface area contributed by atoms with Gasteiger partial charge in [-0.1, -0.05) is 11.6 Å². The Morgan fingerprint density at radius 1 is 1.24 bits per heavy atom. The maximum absolute atomic E-state index is 13.7. The summed E-state index contributed by atoms with van der Waals surface area (Å²) in [5.74, 6) is 0.767. The van der Waals surface area contributed by atoms with Gasteiger partial charge in [-0.05, 0) is 61.4 Å². The predicted octanol–water partition coefficient (Wildman–Crippen LogP) is 5.63. The van der Waals surface area contributed by atoms with Crippen LogP contribution < -0.4 is 10.1 Å². The molecule has 0 spiro atoms. The highest BCUT2D eigenvalue weighted by Crippen LogP contribution is 2.32. The van der Waals surface area contributed by atoms with E-state index < -0.39 is 5.82 Å². The molecule has 1 heterocycles. The van der Waals surface area contributed by atoms with Crippen molar-refractivity contribution >= 4 is 40.0 Å². The number of carbonyl (C=O) groups excluding carboxylic acids is 1. The summed E-state index contributed by atoms with van der Waals surface area (Å²) in [6, 6.07) is 12.5. The van der Waals surface area contributed by atoms with Crippen molar-refractivity contribution < 1.29 is 13.9 Å². The number of aromatic nitrogens is 1. The number of fused-ring (bicyclic) bond motifs is 1. The molecule has 0 aliphatic carbocycles. The van der Waals surface area contributed by atoms with E-state index in [0.29, 0.717) is 19.0 Å². The van der Waals surface area contributed by atoms with E-state index in [1.165, 1.54) is 13.0 Å². The molecule has 3 aromatic rings. The molecule has 0 radical (unpaired) electrons. The fourth-order valence-corrected chi connectivity index (χ4v) is 3.63. The van der Waals surface area contributed by atoms with Crippen LogP contribution in [0.25, 0.3) is 22.2 Å². The van der Waals surface area contributed by atoms with Crippen molar-refractivity contribution in [3.8, 4) is 17.0 Å². The van der Waals surface area contributed by atoms with Crippen LogP contribution in [0.4, 0.5) is 4.39 Å². The van der Waals surface area contributed by atoms with Gasteiger partial charge >= 0.3 is 0 Å². The topological polar surface area (TPSA) is 43.3 Å². The van der Waals surface area contributed by atoms with Gasteiger partial charge in [-0.25, -0.2) is 4.39 Å². The molecule has 4 nitrogen and oxygen atoms in total. The zero-order valence-electron chi connectivity index (χ0n) is 16.3. The predicted molar refractivity (Wildman–Crippen MR) is 116 cm³/mol. The van der Waals surface area contributed by atoms with E-state index in [1.807, 2.05) is 31.2 Å². The van der Waals surface area contributed by atoms with Crippen molar-refractivity contribution in [2.24, 2.45) is 0 Å². The molecule has 29 heavy (non-hydrogen) atoms. The summed E-state index contributed by atoms with van der Waals surface area (Å²) in [5, 5.41) is 3.96. The summed E-state index contributed by atoms with van der Waals surface area (Å²) in [5.41, 5.74) is 2.67. The van der Waals surface area contributed by atoms with E-state index in [-0.39, 0.29) is 17.0 Å². The van der Waals surface area contributed by atoms with E-state index in [9.17, 15) is 9.18 Å². The van der Waals surface area contributed by atoms with Gasteiger partial charge in [-0.15, -0.1) is 11.6 Å². The number of halogens is 3. The molecule has 154 valence electrons. The van der Waals surface area contributed by atoms with Gasteiger partial charge in [-0.3, -0.25) is 4.79 Å². The molecule has 1 N–H and O–H groups in total. The molecule has 1 amide bonds. The molecule has 0 saturated heterocycles. The van der Waals surface area contributed by atoms with Gasteiger partial charge < -0.3 is 14.6 Å². The van der Waals surface area contributed by atoms with Gasteiger partial charge in [0.1, 0.15) is 11.6 Å². The SMILES string of the molecule is CC(=O)NC(C)Cn1c(-c2ccc(F)c(Cl)c2)cc2cc(OCCCCl)ccc21. The molecule has 0 aliphatic rings. The second kappa shape index (κ2) is 9.51. The highest BCUT2D eigenvalue weighted by Gasteiger charge is 2.15. The van der Waals surface area contributed by atoms with Crippen LogP contribution in [0, 0.1) is 5.82 Å². The minimum atomic E-state index is -0.459. The number of benzene rings is 2. The van der Waals surface area contributed by atoms with Crippen molar-refractivity contribution in [1.82, 2.24) is 9.88 Å². The molecule has 0 aliphatic heterocycles. The van der Waals surface area contributed by atoms with Gasteiger partial charge in [0.2, 0.25) is 5.91 Å². The lowest BCUT2D eigenvalue weighted by atomic mass is 10.1. The number of carbonyl (C=O) groups is 1. The average Bonchev–Trinajstić information content (AvgIpc) is 3.01. The maximum atomic E-state index is 13.7. The first-order chi connectivity index (χ1) is 13.9. The highest BCUT2D eigenvalue weighted by molar-refractivity contribution is 6.31. The molecule has 3 rings (SSSR count). The Labute approximate surface area is 179 Å². The summed E-state index contributed by atoms with van der Waals surface area (Å²) in [4.78, 5) is 11.4. The lowest BCUT2D eigenvalue weighted by Gasteiger charge is -2.17. The maximum Gasteiger partial charge on any atom is 0.217 e. The minimum Gasteiger partial charge on any atom is -0.494 e. The first kappa shape index (κ1) is 21.5. The standard InChI is InChI=1S/C22H23Cl2FN2O2/c1-14(26-15(2)28)13-27-21-7-5-18(29-9-3-8-23)10-17(21)12-22(27)16-4-6-20(25)19(24)11-16/h4-7,10-12,14H,3,8-9,13H2,1-2H3,(H,26,28). The molecular formula is C22H23Cl2FN2O2. The van der Waals surface area contributed by atoms with Crippen molar-refractivity contribution in [3.63, 3.8) is 0 Å². The van der Waals surface area contributed by atoms with Crippen molar-refractivity contribution in [3.05, 3.63) is 53.3 Å². The molecular weight excluding hydrogens is 414 g/mol. The lowest BCUT2D eigenvalue weighted by molar-refractivity contribution is -0.119. The monoisotopic (exact) mass is 436 g/mol. The Balaban J connectivity index is 2.04. The van der Waals surface area contributed by atoms with E-state index in [2.05, 4.69) is 9.88 Å². The third kappa shape index (κ3) is 5.22. The van der Waals surface area contributed by atoms with Crippen LogP contribution in [0.2, 0.25) is 5.02 Å². The van der Waals surface area contributed by atoms with E-state index in [4.69, 9.17) is 27.9 Å². The van der Waals surface area contributed by atoms with Gasteiger partial charge in [0.25, 0.3) is 0 Å².